The van der Waals surface area contributed by atoms with E-state index in [2.05, 4.69) is 20.9 Å². The Morgan fingerprint density at radius 1 is 1.22 bits per heavy atom. The largest absolute Gasteiger partial charge is 0.506 e. The van der Waals surface area contributed by atoms with Crippen LogP contribution in [-0.2, 0) is 0 Å². The minimum atomic E-state index is -0.664. The van der Waals surface area contributed by atoms with Gasteiger partial charge in [0.25, 0.3) is 5.56 Å². The third-order valence-electron chi connectivity index (χ3n) is 3.46. The number of fused-ring (bicyclic) bond motifs is 1. The van der Waals surface area contributed by atoms with Gasteiger partial charge in [-0.1, -0.05) is 12.1 Å². The summed E-state index contributed by atoms with van der Waals surface area (Å²) in [6.45, 7) is 0. The van der Waals surface area contributed by atoms with Gasteiger partial charge in [-0.2, -0.15) is 5.26 Å². The van der Waals surface area contributed by atoms with E-state index in [4.69, 9.17) is 5.26 Å². The van der Waals surface area contributed by atoms with Crippen LogP contribution in [0.25, 0.3) is 10.9 Å². The SMILES string of the molecule is N#Cc1ccc(C(=O)c2c(O)c3ccccc3[nH]c2=O)c(Br)c1. The summed E-state index contributed by atoms with van der Waals surface area (Å²) in [5.41, 5.74) is 0.0344. The van der Waals surface area contributed by atoms with E-state index < -0.39 is 11.3 Å². The molecule has 3 aromatic rings. The summed E-state index contributed by atoms with van der Waals surface area (Å²) in [5.74, 6) is -0.975. The molecule has 0 aliphatic heterocycles. The molecule has 0 saturated carbocycles. The van der Waals surface area contributed by atoms with Gasteiger partial charge in [0.05, 0.1) is 17.1 Å². The van der Waals surface area contributed by atoms with Gasteiger partial charge in [0.15, 0.2) is 0 Å². The Bertz CT molecular complexity index is 1050. The first-order valence-electron chi connectivity index (χ1n) is 6.61. The van der Waals surface area contributed by atoms with Gasteiger partial charge in [-0.25, -0.2) is 0 Å². The van der Waals surface area contributed by atoms with E-state index in [1.54, 1.807) is 24.3 Å². The van der Waals surface area contributed by atoms with Crippen LogP contribution in [0.4, 0.5) is 0 Å². The molecule has 0 amide bonds. The number of nitrogens with one attached hydrogen (secondary N) is 1. The van der Waals surface area contributed by atoms with Crippen LogP contribution in [0.15, 0.2) is 51.7 Å². The fraction of sp³-hybridized carbons (Fsp3) is 0. The van der Waals surface area contributed by atoms with Gasteiger partial charge in [-0.15, -0.1) is 0 Å². The van der Waals surface area contributed by atoms with Gasteiger partial charge in [-0.3, -0.25) is 9.59 Å². The summed E-state index contributed by atoms with van der Waals surface area (Å²) in [6, 6.07) is 13.0. The van der Waals surface area contributed by atoms with Crippen LogP contribution >= 0.6 is 15.9 Å². The average molecular weight is 369 g/mol. The van der Waals surface area contributed by atoms with E-state index >= 15 is 0 Å². The minimum Gasteiger partial charge on any atom is -0.506 e. The van der Waals surface area contributed by atoms with Crippen molar-refractivity contribution in [2.45, 2.75) is 0 Å². The molecule has 0 saturated heterocycles. The maximum Gasteiger partial charge on any atom is 0.263 e. The first-order valence-corrected chi connectivity index (χ1v) is 7.40. The number of pyridine rings is 1. The van der Waals surface area contributed by atoms with E-state index in [9.17, 15) is 14.7 Å². The molecular formula is C17H9BrN2O3. The molecule has 1 heterocycles. The number of aromatic amines is 1. The third-order valence-corrected chi connectivity index (χ3v) is 4.12. The minimum absolute atomic E-state index is 0.195. The van der Waals surface area contributed by atoms with Crippen LogP contribution in [0, 0.1) is 11.3 Å². The molecule has 0 aliphatic carbocycles. The Balaban J connectivity index is 2.23. The predicted molar refractivity (Wildman–Crippen MR) is 88.5 cm³/mol. The lowest BCUT2D eigenvalue weighted by molar-refractivity contribution is 0.103. The summed E-state index contributed by atoms with van der Waals surface area (Å²) in [6.07, 6.45) is 0. The monoisotopic (exact) mass is 368 g/mol. The molecule has 0 unspecified atom stereocenters. The highest BCUT2D eigenvalue weighted by Crippen LogP contribution is 2.28. The number of benzene rings is 2. The Morgan fingerprint density at radius 3 is 2.65 bits per heavy atom. The van der Waals surface area contributed by atoms with Crippen molar-refractivity contribution >= 4 is 32.6 Å². The molecule has 0 bridgehead atoms. The number of carbonyl (C=O) groups excluding carboxylic acids is 1. The molecule has 0 atom stereocenters. The van der Waals surface area contributed by atoms with E-state index in [1.165, 1.54) is 18.2 Å². The molecule has 0 fully saturated rings. The number of carbonyl (C=O) groups is 1. The Kier molecular flexibility index (Phi) is 3.72. The van der Waals surface area contributed by atoms with Crippen molar-refractivity contribution in [2.75, 3.05) is 0 Å². The number of para-hydroxylation sites is 1. The van der Waals surface area contributed by atoms with Crippen LogP contribution in [-0.4, -0.2) is 15.9 Å². The van der Waals surface area contributed by atoms with E-state index in [0.29, 0.717) is 20.9 Å². The highest BCUT2D eigenvalue weighted by molar-refractivity contribution is 9.10. The summed E-state index contributed by atoms with van der Waals surface area (Å²) >= 11 is 3.22. The first kappa shape index (κ1) is 15.0. The number of aromatic hydroxyl groups is 1. The maximum absolute atomic E-state index is 12.7. The van der Waals surface area contributed by atoms with Crippen molar-refractivity contribution in [3.05, 3.63) is 74.0 Å². The zero-order valence-corrected chi connectivity index (χ0v) is 13.2. The molecule has 112 valence electrons. The lowest BCUT2D eigenvalue weighted by Gasteiger charge is -2.08. The van der Waals surface area contributed by atoms with Crippen molar-refractivity contribution < 1.29 is 9.90 Å². The van der Waals surface area contributed by atoms with E-state index in [1.807, 2.05) is 6.07 Å². The van der Waals surface area contributed by atoms with Gasteiger partial charge in [-0.05, 0) is 46.3 Å². The van der Waals surface area contributed by atoms with E-state index in [-0.39, 0.29) is 16.9 Å². The number of aromatic nitrogens is 1. The molecule has 3 rings (SSSR count). The number of H-pyrrole nitrogens is 1. The van der Waals surface area contributed by atoms with Gasteiger partial charge < -0.3 is 10.1 Å². The molecular weight excluding hydrogens is 360 g/mol. The van der Waals surface area contributed by atoms with Crippen molar-refractivity contribution in [1.29, 1.82) is 5.26 Å². The van der Waals surface area contributed by atoms with Crippen molar-refractivity contribution in [3.8, 4) is 11.8 Å². The fourth-order valence-electron chi connectivity index (χ4n) is 2.34. The Morgan fingerprint density at radius 2 is 1.96 bits per heavy atom. The normalized spacial score (nSPS) is 10.4. The summed E-state index contributed by atoms with van der Waals surface area (Å²) in [4.78, 5) is 27.4. The Hall–Kier alpha value is -2.91. The second-order valence-corrected chi connectivity index (χ2v) is 5.71. The standard InChI is InChI=1S/C17H9BrN2O3/c18-12-7-9(8-19)5-6-10(12)15(21)14-16(22)11-3-1-2-4-13(11)20-17(14)23/h1-7H,(H2,20,22,23). The number of rotatable bonds is 2. The predicted octanol–water partition coefficient (Wildman–Crippen LogP) is 3.10. The number of nitrogens with zero attached hydrogens (tertiary/aromatic N) is 1. The topological polar surface area (TPSA) is 93.9 Å². The maximum atomic E-state index is 12.7. The van der Waals surface area contributed by atoms with Crippen molar-refractivity contribution in [1.82, 2.24) is 4.98 Å². The molecule has 2 aromatic carbocycles. The van der Waals surface area contributed by atoms with Crippen LogP contribution in [0.3, 0.4) is 0 Å². The average Bonchev–Trinajstić information content (AvgIpc) is 2.54. The van der Waals surface area contributed by atoms with Gasteiger partial charge in [0.1, 0.15) is 11.3 Å². The number of hydrogen-bond acceptors (Lipinski definition) is 4. The second-order valence-electron chi connectivity index (χ2n) is 4.86. The van der Waals surface area contributed by atoms with Gasteiger partial charge in [0.2, 0.25) is 5.78 Å². The lowest BCUT2D eigenvalue weighted by Crippen LogP contribution is -2.19. The van der Waals surface area contributed by atoms with Crippen molar-refractivity contribution in [3.63, 3.8) is 0 Å². The van der Waals surface area contributed by atoms with Crippen LogP contribution in [0.2, 0.25) is 0 Å². The highest BCUT2D eigenvalue weighted by atomic mass is 79.9. The highest BCUT2D eigenvalue weighted by Gasteiger charge is 2.22. The molecule has 0 radical (unpaired) electrons. The van der Waals surface area contributed by atoms with Crippen LogP contribution < -0.4 is 5.56 Å². The number of nitriles is 1. The fourth-order valence-corrected chi connectivity index (χ4v) is 2.90. The number of hydrogen-bond donors (Lipinski definition) is 2. The van der Waals surface area contributed by atoms with E-state index in [0.717, 1.165) is 0 Å². The zero-order valence-electron chi connectivity index (χ0n) is 11.6. The van der Waals surface area contributed by atoms with Crippen LogP contribution in [0.1, 0.15) is 21.5 Å². The van der Waals surface area contributed by atoms with Crippen LogP contribution in [0.5, 0.6) is 5.75 Å². The zero-order chi connectivity index (χ0) is 16.6. The summed E-state index contributed by atoms with van der Waals surface area (Å²) in [5, 5.41) is 19.6. The second kappa shape index (κ2) is 5.71. The molecule has 6 heteroatoms. The lowest BCUT2D eigenvalue weighted by atomic mass is 10.0. The quantitative estimate of drug-likeness (QED) is 0.679. The summed E-state index contributed by atoms with van der Waals surface area (Å²) in [7, 11) is 0. The smallest absolute Gasteiger partial charge is 0.263 e. The Labute approximate surface area is 138 Å². The number of ketones is 1. The van der Waals surface area contributed by atoms with Gasteiger partial charge in [0, 0.05) is 15.4 Å². The molecule has 0 aliphatic rings. The number of halogens is 1. The first-order chi connectivity index (χ1) is 11.0. The molecule has 2 N–H and O–H groups in total. The van der Waals surface area contributed by atoms with Crippen molar-refractivity contribution in [2.24, 2.45) is 0 Å². The molecule has 1 aromatic heterocycles. The summed E-state index contributed by atoms with van der Waals surface area (Å²) < 4.78 is 0.383. The van der Waals surface area contributed by atoms with Gasteiger partial charge >= 0.3 is 0 Å². The molecule has 23 heavy (non-hydrogen) atoms. The third kappa shape index (κ3) is 2.51. The molecule has 0 spiro atoms. The molecule has 5 nitrogen and oxygen atoms in total.